The summed E-state index contributed by atoms with van der Waals surface area (Å²) in [6.07, 6.45) is 8.61. The van der Waals surface area contributed by atoms with E-state index in [9.17, 15) is 0 Å². The minimum atomic E-state index is 0.227. The van der Waals surface area contributed by atoms with Gasteiger partial charge in [0.05, 0.1) is 5.69 Å². The molecule has 0 bridgehead atoms. The van der Waals surface area contributed by atoms with Crippen molar-refractivity contribution in [3.05, 3.63) is 23.0 Å². The van der Waals surface area contributed by atoms with Crippen LogP contribution in [0.4, 0.5) is 5.82 Å². The first kappa shape index (κ1) is 19.6. The Morgan fingerprint density at radius 3 is 2.57 bits per heavy atom. The second-order valence-corrected chi connectivity index (χ2v) is 8.93. The van der Waals surface area contributed by atoms with Crippen LogP contribution in [-0.4, -0.2) is 58.9 Å². The fourth-order valence-corrected chi connectivity index (χ4v) is 4.86. The molecule has 2 aromatic heterocycles. The lowest BCUT2D eigenvalue weighted by Crippen LogP contribution is -2.51. The maximum absolute atomic E-state index is 5.53. The second kappa shape index (κ2) is 7.99. The van der Waals surface area contributed by atoms with Crippen molar-refractivity contribution in [2.45, 2.75) is 70.3 Å². The molecular weight excluding hydrogens is 350 g/mol. The number of nitrogens with zero attached hydrogens (tertiary/aromatic N) is 4. The van der Waals surface area contributed by atoms with E-state index in [4.69, 9.17) is 14.8 Å². The van der Waals surface area contributed by atoms with Gasteiger partial charge in [-0.25, -0.2) is 4.98 Å². The molecule has 1 aliphatic heterocycles. The second-order valence-electron chi connectivity index (χ2n) is 8.93. The molecule has 1 saturated carbocycles. The highest BCUT2D eigenvalue weighted by atomic mass is 16.5. The molecule has 154 valence electrons. The number of hydrogen-bond donors (Lipinski definition) is 1. The van der Waals surface area contributed by atoms with Crippen molar-refractivity contribution in [3.8, 4) is 0 Å². The third kappa shape index (κ3) is 3.64. The van der Waals surface area contributed by atoms with Crippen molar-refractivity contribution in [1.82, 2.24) is 19.5 Å². The number of ether oxygens (including phenoxy) is 1. The molecule has 28 heavy (non-hydrogen) atoms. The predicted molar refractivity (Wildman–Crippen MR) is 113 cm³/mol. The number of rotatable bonds is 5. The summed E-state index contributed by atoms with van der Waals surface area (Å²) in [6.45, 7) is 6.87. The summed E-state index contributed by atoms with van der Waals surface area (Å²) >= 11 is 0. The minimum absolute atomic E-state index is 0.227. The maximum atomic E-state index is 5.53. The Bertz CT molecular complexity index is 816. The van der Waals surface area contributed by atoms with Crippen molar-refractivity contribution in [2.75, 3.05) is 39.2 Å². The lowest BCUT2D eigenvalue weighted by Gasteiger charge is -2.43. The molecule has 3 heterocycles. The average molecular weight is 386 g/mol. The predicted octanol–water partition coefficient (Wildman–Crippen LogP) is 3.92. The Balaban J connectivity index is 1.65. The van der Waals surface area contributed by atoms with Gasteiger partial charge in [-0.05, 0) is 53.6 Å². The Morgan fingerprint density at radius 2 is 1.89 bits per heavy atom. The fourth-order valence-electron chi connectivity index (χ4n) is 4.86. The van der Waals surface area contributed by atoms with E-state index in [1.54, 1.807) is 0 Å². The molecule has 0 spiro atoms. The van der Waals surface area contributed by atoms with Crippen LogP contribution < -0.4 is 5.32 Å². The highest BCUT2D eigenvalue weighted by molar-refractivity contribution is 5.56. The van der Waals surface area contributed by atoms with Crippen LogP contribution in [-0.2, 0) is 4.74 Å². The number of hydrogen-bond acceptors (Lipinski definition) is 5. The molecule has 2 fully saturated rings. The van der Waals surface area contributed by atoms with Gasteiger partial charge < -0.3 is 15.0 Å². The number of aryl methyl sites for hydroxylation is 1. The van der Waals surface area contributed by atoms with E-state index in [0.717, 1.165) is 55.5 Å². The third-order valence-corrected chi connectivity index (χ3v) is 7.06. The van der Waals surface area contributed by atoms with E-state index in [1.165, 1.54) is 37.7 Å². The van der Waals surface area contributed by atoms with Crippen LogP contribution in [0.2, 0.25) is 0 Å². The number of nitrogens with one attached hydrogen (secondary N) is 1. The lowest BCUT2D eigenvalue weighted by molar-refractivity contribution is 0.0844. The molecule has 0 atom stereocenters. The summed E-state index contributed by atoms with van der Waals surface area (Å²) in [4.78, 5) is 7.24. The van der Waals surface area contributed by atoms with E-state index in [1.807, 2.05) is 4.52 Å². The first-order chi connectivity index (χ1) is 13.5. The monoisotopic (exact) mass is 385 g/mol. The molecule has 1 saturated heterocycles. The van der Waals surface area contributed by atoms with Gasteiger partial charge in [0.2, 0.25) is 0 Å². The van der Waals surface area contributed by atoms with Gasteiger partial charge in [0.25, 0.3) is 0 Å². The molecule has 4 rings (SSSR count). The molecule has 1 aliphatic carbocycles. The molecule has 0 unspecified atom stereocenters. The van der Waals surface area contributed by atoms with Crippen LogP contribution >= 0.6 is 0 Å². The summed E-state index contributed by atoms with van der Waals surface area (Å²) in [5.74, 6) is 1.59. The van der Waals surface area contributed by atoms with Crippen molar-refractivity contribution in [3.63, 3.8) is 0 Å². The van der Waals surface area contributed by atoms with Gasteiger partial charge in [-0.3, -0.25) is 0 Å². The third-order valence-electron chi connectivity index (χ3n) is 7.06. The molecule has 2 aliphatic rings. The fraction of sp³-hybridized carbons (Fsp3) is 0.727. The highest BCUT2D eigenvalue weighted by Crippen LogP contribution is 2.33. The van der Waals surface area contributed by atoms with Crippen LogP contribution in [0.3, 0.4) is 0 Å². The van der Waals surface area contributed by atoms with Gasteiger partial charge in [0, 0.05) is 48.5 Å². The number of likely N-dealkylation sites (N-methyl/N-ethyl adjacent to an activating group) is 1. The van der Waals surface area contributed by atoms with Crippen molar-refractivity contribution in [1.29, 1.82) is 0 Å². The summed E-state index contributed by atoms with van der Waals surface area (Å²) in [6, 6.07) is 2.18. The molecular formula is C22H35N5O. The Morgan fingerprint density at radius 1 is 1.18 bits per heavy atom. The topological polar surface area (TPSA) is 54.7 Å². The van der Waals surface area contributed by atoms with E-state index in [2.05, 4.69) is 44.2 Å². The van der Waals surface area contributed by atoms with Gasteiger partial charge >= 0.3 is 0 Å². The van der Waals surface area contributed by atoms with Crippen LogP contribution in [0.1, 0.15) is 67.8 Å². The maximum Gasteiger partial charge on any atom is 0.157 e. The first-order valence-corrected chi connectivity index (χ1v) is 10.9. The SMILES string of the molecule is Cc1nc2cc(C3CCOCC3)nn2c(NCC2(N(C)C)CCCCC2)c1C. The minimum Gasteiger partial charge on any atom is -0.381 e. The van der Waals surface area contributed by atoms with Crippen molar-refractivity contribution < 1.29 is 4.74 Å². The Labute approximate surface area is 168 Å². The normalized spacial score (nSPS) is 20.8. The molecule has 6 nitrogen and oxygen atoms in total. The molecule has 1 N–H and O–H groups in total. The summed E-state index contributed by atoms with van der Waals surface area (Å²) in [7, 11) is 4.45. The van der Waals surface area contributed by atoms with E-state index < -0.39 is 0 Å². The molecule has 0 aromatic carbocycles. The van der Waals surface area contributed by atoms with Gasteiger partial charge in [-0.15, -0.1) is 0 Å². The lowest BCUT2D eigenvalue weighted by atomic mass is 9.80. The van der Waals surface area contributed by atoms with Crippen molar-refractivity contribution in [2.24, 2.45) is 0 Å². The Kier molecular flexibility index (Phi) is 5.61. The average Bonchev–Trinajstić information content (AvgIpc) is 3.13. The number of fused-ring (bicyclic) bond motifs is 1. The smallest absolute Gasteiger partial charge is 0.157 e. The van der Waals surface area contributed by atoms with Gasteiger partial charge in [-0.2, -0.15) is 9.61 Å². The molecule has 6 heteroatoms. The van der Waals surface area contributed by atoms with E-state index in [0.29, 0.717) is 5.92 Å². The number of aromatic nitrogens is 3. The quantitative estimate of drug-likeness (QED) is 0.845. The van der Waals surface area contributed by atoms with Gasteiger partial charge in [-0.1, -0.05) is 19.3 Å². The molecule has 0 radical (unpaired) electrons. The van der Waals surface area contributed by atoms with Crippen LogP contribution in [0, 0.1) is 13.8 Å². The van der Waals surface area contributed by atoms with E-state index >= 15 is 0 Å². The molecule has 2 aromatic rings. The highest BCUT2D eigenvalue weighted by Gasteiger charge is 2.34. The van der Waals surface area contributed by atoms with Crippen LogP contribution in [0.15, 0.2) is 6.07 Å². The molecule has 0 amide bonds. The summed E-state index contributed by atoms with van der Waals surface area (Å²) in [5.41, 5.74) is 4.61. The summed E-state index contributed by atoms with van der Waals surface area (Å²) in [5, 5.41) is 8.79. The standard InChI is InChI=1S/C22H35N5O/c1-16-17(2)24-20-14-19(18-8-12-28-13-9-18)25-27(20)21(16)23-15-22(26(3)4)10-6-5-7-11-22/h14,18,23H,5-13,15H2,1-4H3. The van der Waals surface area contributed by atoms with E-state index in [-0.39, 0.29) is 5.54 Å². The zero-order chi connectivity index (χ0) is 19.7. The zero-order valence-electron chi connectivity index (χ0n) is 17.9. The van der Waals surface area contributed by atoms with Crippen LogP contribution in [0.25, 0.3) is 5.65 Å². The van der Waals surface area contributed by atoms with Crippen molar-refractivity contribution >= 4 is 11.5 Å². The first-order valence-electron chi connectivity index (χ1n) is 10.9. The zero-order valence-corrected chi connectivity index (χ0v) is 17.9. The summed E-state index contributed by atoms with van der Waals surface area (Å²) < 4.78 is 7.57. The van der Waals surface area contributed by atoms with Gasteiger partial charge in [0.15, 0.2) is 5.65 Å². The Hall–Kier alpha value is -1.66. The van der Waals surface area contributed by atoms with Crippen LogP contribution in [0.5, 0.6) is 0 Å². The number of anilines is 1. The largest absolute Gasteiger partial charge is 0.381 e. The van der Waals surface area contributed by atoms with Gasteiger partial charge in [0.1, 0.15) is 5.82 Å².